The Kier molecular flexibility index (Phi) is 8.54. The number of hydrogen-bond acceptors (Lipinski definition) is 14. The average Bonchev–Trinajstić information content (AvgIpc) is 3.72. The molecule has 0 bridgehead atoms. The van der Waals surface area contributed by atoms with Crippen molar-refractivity contribution in [2.45, 2.75) is 44.4 Å². The topological polar surface area (TPSA) is 178 Å². The van der Waals surface area contributed by atoms with E-state index in [-0.39, 0.29) is 18.1 Å². The fourth-order valence-electron chi connectivity index (χ4n) is 5.94. The standard InChI is InChI=1S/C30H36N12O4/c1-39-22(16-34-30(39)42(44)19-43)17-41-18-35-38-27(41)20-13-24-25(33-15-20)14-26(40-9-11-45-12-10-40)37-28(24)46-23-5-3-21(4-6-23)36-29-31-7-2-8-32-29/h2,7-8,13-16,18,21,23,43-44H,3-6,9-12,17,19H2,1H3,(H,31,32,36). The number of fused-ring (bicyclic) bond motifs is 1. The smallest absolute Gasteiger partial charge is 0.232 e. The van der Waals surface area contributed by atoms with Crippen molar-refractivity contribution in [3.63, 3.8) is 0 Å². The highest BCUT2D eigenvalue weighted by atomic mass is 16.5. The molecular weight excluding hydrogens is 592 g/mol. The Labute approximate surface area is 264 Å². The Morgan fingerprint density at radius 3 is 2.63 bits per heavy atom. The van der Waals surface area contributed by atoms with Crippen molar-refractivity contribution >= 4 is 28.6 Å². The number of rotatable bonds is 10. The maximum Gasteiger partial charge on any atom is 0.232 e. The van der Waals surface area contributed by atoms with Gasteiger partial charge in [0.25, 0.3) is 0 Å². The molecule has 16 heteroatoms. The first-order chi connectivity index (χ1) is 22.6. The van der Waals surface area contributed by atoms with Crippen LogP contribution in [0.25, 0.3) is 22.3 Å². The van der Waals surface area contributed by atoms with E-state index in [1.165, 1.54) is 0 Å². The Bertz CT molecular complexity index is 1770. The number of nitrogens with zero attached hydrogens (tertiary/aromatic N) is 11. The third-order valence-corrected chi connectivity index (χ3v) is 8.45. The molecule has 0 radical (unpaired) electrons. The SMILES string of the molecule is Cn1c(Cn2cnnc2-c2cnc3cc(N4CCOCC4)nc(OC4CCC(Nc5ncccn5)CC4)c3c2)cnc1N(O)CO. The van der Waals surface area contributed by atoms with Crippen molar-refractivity contribution in [2.24, 2.45) is 7.05 Å². The van der Waals surface area contributed by atoms with Gasteiger partial charge < -0.3 is 33.9 Å². The van der Waals surface area contributed by atoms with E-state index < -0.39 is 6.73 Å². The molecule has 0 atom stereocenters. The van der Waals surface area contributed by atoms with Crippen molar-refractivity contribution in [3.8, 4) is 17.3 Å². The normalized spacial score (nSPS) is 18.5. The molecule has 0 aromatic carbocycles. The number of aromatic nitrogens is 9. The summed E-state index contributed by atoms with van der Waals surface area (Å²) in [7, 11) is 1.76. The first kappa shape index (κ1) is 29.8. The third-order valence-electron chi connectivity index (χ3n) is 8.45. The number of pyridine rings is 2. The molecule has 6 heterocycles. The van der Waals surface area contributed by atoms with Crippen LogP contribution in [-0.2, 0) is 18.3 Å². The van der Waals surface area contributed by atoms with Gasteiger partial charge >= 0.3 is 0 Å². The summed E-state index contributed by atoms with van der Waals surface area (Å²) in [5.74, 6) is 2.84. The monoisotopic (exact) mass is 628 g/mol. The lowest BCUT2D eigenvalue weighted by Crippen LogP contribution is -2.37. The van der Waals surface area contributed by atoms with Crippen LogP contribution in [0.2, 0.25) is 0 Å². The van der Waals surface area contributed by atoms with Crippen molar-refractivity contribution in [2.75, 3.05) is 48.3 Å². The molecule has 1 aliphatic carbocycles. The molecule has 1 saturated heterocycles. The Morgan fingerprint density at radius 1 is 1.04 bits per heavy atom. The van der Waals surface area contributed by atoms with E-state index in [0.717, 1.165) is 66.8 Å². The van der Waals surface area contributed by atoms with Crippen LogP contribution in [0.3, 0.4) is 0 Å². The zero-order chi connectivity index (χ0) is 31.5. The van der Waals surface area contributed by atoms with Gasteiger partial charge in [-0.25, -0.2) is 15.0 Å². The predicted molar refractivity (Wildman–Crippen MR) is 168 cm³/mol. The van der Waals surface area contributed by atoms with Gasteiger partial charge in [-0.3, -0.25) is 10.2 Å². The molecule has 2 aliphatic rings. The van der Waals surface area contributed by atoms with Crippen LogP contribution in [-0.4, -0.2) is 99.7 Å². The fraction of sp³-hybridized carbons (Fsp3) is 0.433. The molecular formula is C30H36N12O4. The molecule has 240 valence electrons. The number of nitrogens with one attached hydrogen (secondary N) is 1. The zero-order valence-electron chi connectivity index (χ0n) is 25.5. The lowest BCUT2D eigenvalue weighted by Gasteiger charge is -2.31. The van der Waals surface area contributed by atoms with Gasteiger partial charge in [0.1, 0.15) is 25.0 Å². The van der Waals surface area contributed by atoms with Gasteiger partial charge in [0.15, 0.2) is 5.82 Å². The fourth-order valence-corrected chi connectivity index (χ4v) is 5.94. The van der Waals surface area contributed by atoms with E-state index in [4.69, 9.17) is 19.4 Å². The molecule has 7 rings (SSSR count). The van der Waals surface area contributed by atoms with Crippen molar-refractivity contribution < 1.29 is 19.8 Å². The molecule has 0 spiro atoms. The zero-order valence-corrected chi connectivity index (χ0v) is 25.5. The summed E-state index contributed by atoms with van der Waals surface area (Å²) >= 11 is 0. The largest absolute Gasteiger partial charge is 0.474 e. The van der Waals surface area contributed by atoms with Crippen LogP contribution in [0.5, 0.6) is 5.88 Å². The highest BCUT2D eigenvalue weighted by molar-refractivity contribution is 5.89. The number of hydrogen-bond donors (Lipinski definition) is 3. The van der Waals surface area contributed by atoms with Gasteiger partial charge in [0.2, 0.25) is 17.8 Å². The number of aliphatic hydroxyl groups excluding tert-OH is 1. The van der Waals surface area contributed by atoms with E-state index in [1.807, 2.05) is 22.8 Å². The number of imidazole rings is 1. The highest BCUT2D eigenvalue weighted by Crippen LogP contribution is 2.33. The molecule has 16 nitrogen and oxygen atoms in total. The van der Waals surface area contributed by atoms with E-state index in [9.17, 15) is 10.3 Å². The number of ether oxygens (including phenoxy) is 2. The molecule has 46 heavy (non-hydrogen) atoms. The number of aliphatic hydroxyl groups is 1. The second kappa shape index (κ2) is 13.2. The summed E-state index contributed by atoms with van der Waals surface area (Å²) in [5, 5.41) is 32.7. The molecule has 1 saturated carbocycles. The van der Waals surface area contributed by atoms with Crippen molar-refractivity contribution in [3.05, 3.63) is 55.0 Å². The summed E-state index contributed by atoms with van der Waals surface area (Å²) in [6.45, 7) is 2.60. The van der Waals surface area contributed by atoms with Gasteiger partial charge in [0, 0.05) is 56.4 Å². The molecule has 1 aliphatic heterocycles. The summed E-state index contributed by atoms with van der Waals surface area (Å²) in [5.41, 5.74) is 2.32. The highest BCUT2D eigenvalue weighted by Gasteiger charge is 2.26. The molecule has 5 aromatic rings. The summed E-state index contributed by atoms with van der Waals surface area (Å²) < 4.78 is 15.8. The summed E-state index contributed by atoms with van der Waals surface area (Å²) in [6, 6.07) is 6.10. The van der Waals surface area contributed by atoms with Gasteiger partial charge in [-0.15, -0.1) is 10.2 Å². The van der Waals surface area contributed by atoms with E-state index >= 15 is 0 Å². The second-order valence-corrected chi connectivity index (χ2v) is 11.4. The molecule has 5 aromatic heterocycles. The second-order valence-electron chi connectivity index (χ2n) is 11.4. The Hall–Kier alpha value is -4.93. The van der Waals surface area contributed by atoms with Crippen LogP contribution in [0.15, 0.2) is 49.3 Å². The molecule has 3 N–H and O–H groups in total. The Morgan fingerprint density at radius 2 is 1.85 bits per heavy atom. The van der Waals surface area contributed by atoms with Crippen molar-refractivity contribution in [1.29, 1.82) is 0 Å². The minimum atomic E-state index is -0.572. The van der Waals surface area contributed by atoms with E-state index in [1.54, 1.807) is 42.7 Å². The van der Waals surface area contributed by atoms with Crippen LogP contribution >= 0.6 is 0 Å². The van der Waals surface area contributed by atoms with Gasteiger partial charge in [-0.1, -0.05) is 0 Å². The number of morpholine rings is 1. The Balaban J connectivity index is 1.16. The average molecular weight is 629 g/mol. The number of anilines is 3. The van der Waals surface area contributed by atoms with E-state index in [2.05, 4.69) is 35.4 Å². The molecule has 2 fully saturated rings. The maximum atomic E-state index is 9.93. The summed E-state index contributed by atoms with van der Waals surface area (Å²) in [6.07, 6.45) is 12.1. The minimum absolute atomic E-state index is 0.00161. The van der Waals surface area contributed by atoms with Gasteiger partial charge in [-0.2, -0.15) is 10.0 Å². The maximum absolute atomic E-state index is 9.93. The third kappa shape index (κ3) is 6.27. The first-order valence-electron chi connectivity index (χ1n) is 15.4. The van der Waals surface area contributed by atoms with Crippen LogP contribution < -0.4 is 20.0 Å². The van der Waals surface area contributed by atoms with E-state index in [0.29, 0.717) is 42.5 Å². The van der Waals surface area contributed by atoms with Crippen LogP contribution in [0.4, 0.5) is 17.7 Å². The summed E-state index contributed by atoms with van der Waals surface area (Å²) in [4.78, 5) is 24.9. The predicted octanol–water partition coefficient (Wildman–Crippen LogP) is 2.24. The molecule has 0 unspecified atom stereocenters. The van der Waals surface area contributed by atoms with Crippen molar-refractivity contribution in [1.82, 2.24) is 44.3 Å². The quantitative estimate of drug-likeness (QED) is 0.151. The number of hydroxylamine groups is 1. The van der Waals surface area contributed by atoms with Gasteiger partial charge in [0.05, 0.1) is 42.6 Å². The lowest BCUT2D eigenvalue weighted by atomic mass is 9.93. The first-order valence-corrected chi connectivity index (χ1v) is 15.4. The van der Waals surface area contributed by atoms with Crippen LogP contribution in [0, 0.1) is 0 Å². The van der Waals surface area contributed by atoms with Crippen LogP contribution in [0.1, 0.15) is 31.4 Å². The van der Waals surface area contributed by atoms with Gasteiger partial charge in [-0.05, 0) is 37.8 Å². The lowest BCUT2D eigenvalue weighted by molar-refractivity contribution is 0.122. The minimum Gasteiger partial charge on any atom is -0.474 e. The molecule has 0 amide bonds.